The molecule has 0 spiro atoms. The molecule has 0 bridgehead atoms. The predicted octanol–water partition coefficient (Wildman–Crippen LogP) is 2.37. The lowest BCUT2D eigenvalue weighted by atomic mass is 10.3. The van der Waals surface area contributed by atoms with Gasteiger partial charge in [-0.25, -0.2) is 18.1 Å². The number of rotatable bonds is 5. The van der Waals surface area contributed by atoms with Crippen LogP contribution in [0.4, 0.5) is 0 Å². The fourth-order valence-corrected chi connectivity index (χ4v) is 3.12. The maximum atomic E-state index is 11.8. The van der Waals surface area contributed by atoms with Crippen molar-refractivity contribution in [2.45, 2.75) is 13.5 Å². The van der Waals surface area contributed by atoms with Crippen molar-refractivity contribution in [3.8, 4) is 5.75 Å². The molecule has 118 valence electrons. The number of amides is 1. The maximum absolute atomic E-state index is 11.8. The summed E-state index contributed by atoms with van der Waals surface area (Å²) >= 11 is 6.87. The normalized spacial score (nSPS) is 11.2. The number of aromatic nitrogens is 1. The number of thiazole rings is 1. The van der Waals surface area contributed by atoms with Crippen LogP contribution in [0.3, 0.4) is 0 Å². The Balaban J connectivity index is 2.06. The van der Waals surface area contributed by atoms with Gasteiger partial charge in [0.25, 0.3) is 5.91 Å². The van der Waals surface area contributed by atoms with E-state index in [9.17, 15) is 13.2 Å². The van der Waals surface area contributed by atoms with Crippen molar-refractivity contribution in [3.05, 3.63) is 44.9 Å². The van der Waals surface area contributed by atoms with E-state index in [1.807, 2.05) is 4.72 Å². The second-order valence-electron chi connectivity index (χ2n) is 4.47. The highest BCUT2D eigenvalue weighted by Crippen LogP contribution is 2.21. The molecule has 1 amide bonds. The largest absolute Gasteiger partial charge is 0.486 e. The molecule has 6 nitrogen and oxygen atoms in total. The third-order valence-electron chi connectivity index (χ3n) is 2.50. The molecule has 0 saturated carbocycles. The number of nitrogens with zero attached hydrogens (tertiary/aromatic N) is 1. The van der Waals surface area contributed by atoms with Gasteiger partial charge in [0.1, 0.15) is 22.2 Å². The minimum Gasteiger partial charge on any atom is -0.486 e. The Kier molecular flexibility index (Phi) is 5.05. The van der Waals surface area contributed by atoms with Crippen LogP contribution in [0.5, 0.6) is 5.75 Å². The molecule has 1 N–H and O–H groups in total. The highest BCUT2D eigenvalue weighted by molar-refractivity contribution is 7.89. The highest BCUT2D eigenvalue weighted by Gasteiger charge is 2.18. The molecular formula is C13H13ClN2O4S2. The first-order chi connectivity index (χ1) is 10.2. The topological polar surface area (TPSA) is 85.4 Å². The molecule has 0 fully saturated rings. The first-order valence-corrected chi connectivity index (χ1v) is 9.20. The standard InChI is InChI=1S/C13H13ClN2O4S2/c1-8-12(13(17)16-22(2,18)19)21-11(15-8)7-20-10-5-3-9(14)4-6-10/h3-6H,7H2,1-2H3,(H,16,17). The van der Waals surface area contributed by atoms with Crippen molar-refractivity contribution >= 4 is 38.9 Å². The Morgan fingerprint density at radius 1 is 1.36 bits per heavy atom. The summed E-state index contributed by atoms with van der Waals surface area (Å²) in [6.07, 6.45) is 0.922. The van der Waals surface area contributed by atoms with E-state index in [0.29, 0.717) is 21.5 Å². The lowest BCUT2D eigenvalue weighted by molar-refractivity contribution is 0.0985. The van der Waals surface area contributed by atoms with E-state index >= 15 is 0 Å². The van der Waals surface area contributed by atoms with Gasteiger partial charge in [0.05, 0.1) is 11.9 Å². The number of carbonyl (C=O) groups excluding carboxylic acids is 1. The van der Waals surface area contributed by atoms with Crippen LogP contribution < -0.4 is 9.46 Å². The summed E-state index contributed by atoms with van der Waals surface area (Å²) in [5.41, 5.74) is 0.459. The number of carbonyl (C=O) groups is 1. The lowest BCUT2D eigenvalue weighted by Gasteiger charge is -2.03. The van der Waals surface area contributed by atoms with E-state index in [0.717, 1.165) is 17.6 Å². The molecule has 0 aliphatic heterocycles. The number of hydrogen-bond donors (Lipinski definition) is 1. The van der Waals surface area contributed by atoms with Crippen LogP contribution in [0.2, 0.25) is 5.02 Å². The van der Waals surface area contributed by atoms with Crippen molar-refractivity contribution in [3.63, 3.8) is 0 Å². The molecule has 0 unspecified atom stereocenters. The lowest BCUT2D eigenvalue weighted by Crippen LogP contribution is -2.29. The first kappa shape index (κ1) is 16.7. The third-order valence-corrected chi connectivity index (χ3v) is 4.44. The van der Waals surface area contributed by atoms with Gasteiger partial charge in [-0.15, -0.1) is 11.3 Å². The maximum Gasteiger partial charge on any atom is 0.276 e. The molecule has 2 rings (SSSR count). The molecule has 0 atom stereocenters. The van der Waals surface area contributed by atoms with Crippen molar-refractivity contribution in [1.82, 2.24) is 9.71 Å². The zero-order valence-corrected chi connectivity index (χ0v) is 14.2. The Labute approximate surface area is 137 Å². The van der Waals surface area contributed by atoms with E-state index in [2.05, 4.69) is 4.98 Å². The Hall–Kier alpha value is -1.64. The molecule has 0 aliphatic rings. The zero-order chi connectivity index (χ0) is 16.3. The summed E-state index contributed by atoms with van der Waals surface area (Å²) in [4.78, 5) is 16.3. The number of halogens is 1. The summed E-state index contributed by atoms with van der Waals surface area (Å²) in [6.45, 7) is 1.82. The number of hydrogen-bond acceptors (Lipinski definition) is 6. The van der Waals surface area contributed by atoms with Gasteiger partial charge in [0.2, 0.25) is 10.0 Å². The first-order valence-electron chi connectivity index (χ1n) is 6.11. The summed E-state index contributed by atoms with van der Waals surface area (Å²) in [6, 6.07) is 6.85. The average Bonchev–Trinajstić information content (AvgIpc) is 2.77. The van der Waals surface area contributed by atoms with Crippen LogP contribution in [0.1, 0.15) is 20.4 Å². The second kappa shape index (κ2) is 6.64. The summed E-state index contributed by atoms with van der Waals surface area (Å²) < 4.78 is 29.6. The van der Waals surface area contributed by atoms with Crippen LogP contribution in [0, 0.1) is 6.92 Å². The molecule has 1 aromatic carbocycles. The van der Waals surface area contributed by atoms with Crippen molar-refractivity contribution < 1.29 is 17.9 Å². The van der Waals surface area contributed by atoms with E-state index in [1.165, 1.54) is 0 Å². The van der Waals surface area contributed by atoms with Gasteiger partial charge < -0.3 is 4.74 Å². The summed E-state index contributed by atoms with van der Waals surface area (Å²) in [7, 11) is -3.60. The van der Waals surface area contributed by atoms with E-state index in [1.54, 1.807) is 31.2 Å². The molecule has 1 heterocycles. The molecule has 0 radical (unpaired) electrons. The van der Waals surface area contributed by atoms with Gasteiger partial charge in [-0.1, -0.05) is 11.6 Å². The van der Waals surface area contributed by atoms with Gasteiger partial charge in [-0.3, -0.25) is 4.79 Å². The molecule has 0 saturated heterocycles. The second-order valence-corrected chi connectivity index (χ2v) is 7.74. The van der Waals surface area contributed by atoms with Crippen LogP contribution in [0.15, 0.2) is 24.3 Å². The van der Waals surface area contributed by atoms with Gasteiger partial charge in [0.15, 0.2) is 0 Å². The third kappa shape index (κ3) is 4.69. The van der Waals surface area contributed by atoms with Gasteiger partial charge in [0, 0.05) is 5.02 Å². The van der Waals surface area contributed by atoms with Crippen LogP contribution in [-0.2, 0) is 16.6 Å². The fourth-order valence-electron chi connectivity index (χ4n) is 1.62. The van der Waals surface area contributed by atoms with Crippen molar-refractivity contribution in [2.24, 2.45) is 0 Å². The number of nitrogens with one attached hydrogen (secondary N) is 1. The SMILES string of the molecule is Cc1nc(COc2ccc(Cl)cc2)sc1C(=O)NS(C)(=O)=O. The van der Waals surface area contributed by atoms with E-state index < -0.39 is 15.9 Å². The van der Waals surface area contributed by atoms with E-state index in [4.69, 9.17) is 16.3 Å². The number of ether oxygens (including phenoxy) is 1. The van der Waals surface area contributed by atoms with E-state index in [-0.39, 0.29) is 11.5 Å². The van der Waals surface area contributed by atoms with Crippen molar-refractivity contribution in [1.29, 1.82) is 0 Å². The Morgan fingerprint density at radius 2 is 2.00 bits per heavy atom. The molecular weight excluding hydrogens is 348 g/mol. The van der Waals surface area contributed by atoms with Crippen LogP contribution in [-0.4, -0.2) is 25.6 Å². The minimum atomic E-state index is -3.60. The molecule has 2 aromatic rings. The minimum absolute atomic E-state index is 0.180. The highest BCUT2D eigenvalue weighted by atomic mass is 35.5. The molecule has 0 aliphatic carbocycles. The Bertz CT molecular complexity index is 785. The predicted molar refractivity (Wildman–Crippen MR) is 84.9 cm³/mol. The number of sulfonamides is 1. The molecule has 22 heavy (non-hydrogen) atoms. The Morgan fingerprint density at radius 3 is 2.59 bits per heavy atom. The van der Waals surface area contributed by atoms with Crippen LogP contribution >= 0.6 is 22.9 Å². The quantitative estimate of drug-likeness (QED) is 0.884. The fraction of sp³-hybridized carbons (Fsp3) is 0.231. The van der Waals surface area contributed by atoms with Gasteiger partial charge in [-0.05, 0) is 31.2 Å². The van der Waals surface area contributed by atoms with Gasteiger partial charge >= 0.3 is 0 Å². The average molecular weight is 361 g/mol. The zero-order valence-electron chi connectivity index (χ0n) is 11.8. The van der Waals surface area contributed by atoms with Crippen molar-refractivity contribution in [2.75, 3.05) is 6.26 Å². The molecule has 1 aromatic heterocycles. The monoisotopic (exact) mass is 360 g/mol. The van der Waals surface area contributed by atoms with Gasteiger partial charge in [-0.2, -0.15) is 0 Å². The molecule has 9 heteroatoms. The smallest absolute Gasteiger partial charge is 0.276 e. The summed E-state index contributed by atoms with van der Waals surface area (Å²) in [5, 5.41) is 1.18. The number of aryl methyl sites for hydroxylation is 1. The van der Waals surface area contributed by atoms with Crippen LogP contribution in [0.25, 0.3) is 0 Å². The number of benzene rings is 1. The summed E-state index contributed by atoms with van der Waals surface area (Å²) in [5.74, 6) is -0.0605.